The fraction of sp³-hybridized carbons (Fsp3) is 0.214. The minimum Gasteiger partial charge on any atom is -0.384 e. The lowest BCUT2D eigenvalue weighted by Crippen LogP contribution is -2.24. The molecule has 198 valence electrons. The van der Waals surface area contributed by atoms with E-state index < -0.39 is 22.0 Å². The minimum atomic E-state index is -4.24. The first kappa shape index (κ1) is 28.3. The van der Waals surface area contributed by atoms with Gasteiger partial charge >= 0.3 is 16.1 Å². The molecule has 0 saturated carbocycles. The monoisotopic (exact) mass is 535 g/mol. The fourth-order valence-electron chi connectivity index (χ4n) is 3.80. The van der Waals surface area contributed by atoms with Crippen molar-refractivity contribution in [3.8, 4) is 11.1 Å². The minimum absolute atomic E-state index is 0.0244. The van der Waals surface area contributed by atoms with Crippen LogP contribution in [0.15, 0.2) is 66.7 Å². The summed E-state index contributed by atoms with van der Waals surface area (Å²) in [6.45, 7) is 3.91. The summed E-state index contributed by atoms with van der Waals surface area (Å²) >= 11 is 0. The predicted molar refractivity (Wildman–Crippen MR) is 146 cm³/mol. The van der Waals surface area contributed by atoms with Crippen molar-refractivity contribution in [3.05, 3.63) is 89.0 Å². The highest BCUT2D eigenvalue weighted by atomic mass is 32.2. The van der Waals surface area contributed by atoms with E-state index in [0.717, 1.165) is 6.26 Å². The van der Waals surface area contributed by atoms with E-state index in [1.54, 1.807) is 30.3 Å². The van der Waals surface area contributed by atoms with Gasteiger partial charge in [0.05, 0.1) is 17.4 Å². The first-order valence-corrected chi connectivity index (χ1v) is 13.6. The molecule has 3 aromatic carbocycles. The number of carbonyl (C=O) groups is 3. The van der Waals surface area contributed by atoms with Gasteiger partial charge in [-0.2, -0.15) is 8.42 Å². The number of hydrogen-bond acceptors (Lipinski definition) is 7. The maximum Gasteiger partial charge on any atom is 0.355 e. The number of ketones is 1. The van der Waals surface area contributed by atoms with E-state index in [9.17, 15) is 22.8 Å². The van der Waals surface area contributed by atoms with E-state index in [4.69, 9.17) is 15.3 Å². The highest BCUT2D eigenvalue weighted by Crippen LogP contribution is 2.31. The van der Waals surface area contributed by atoms with Crippen LogP contribution in [-0.4, -0.2) is 38.2 Å². The number of rotatable bonds is 10. The fourth-order valence-corrected chi connectivity index (χ4v) is 4.16. The predicted octanol–water partition coefficient (Wildman–Crippen LogP) is 4.63. The van der Waals surface area contributed by atoms with Gasteiger partial charge < -0.3 is 15.2 Å². The number of carbonyl (C=O) groups excluding carboxylic acids is 3. The van der Waals surface area contributed by atoms with Gasteiger partial charge in [-0.3, -0.25) is 15.0 Å². The highest BCUT2D eigenvalue weighted by molar-refractivity contribution is 7.86. The number of amidine groups is 1. The van der Waals surface area contributed by atoms with Crippen LogP contribution in [0.3, 0.4) is 0 Å². The molecule has 0 aromatic heterocycles. The van der Waals surface area contributed by atoms with E-state index in [-0.39, 0.29) is 46.2 Å². The van der Waals surface area contributed by atoms with E-state index in [0.29, 0.717) is 23.2 Å². The van der Waals surface area contributed by atoms with Crippen molar-refractivity contribution in [1.29, 1.82) is 5.41 Å². The molecule has 0 atom stereocenters. The van der Waals surface area contributed by atoms with Crippen molar-refractivity contribution in [3.63, 3.8) is 0 Å². The second-order valence-corrected chi connectivity index (χ2v) is 10.7. The zero-order valence-electron chi connectivity index (χ0n) is 21.3. The summed E-state index contributed by atoms with van der Waals surface area (Å²) in [6, 6.07) is 17.7. The number of Topliss-reactive ketones (excluding diaryl/α,β-unsaturated/α-hetero) is 1. The van der Waals surface area contributed by atoms with Gasteiger partial charge in [0.1, 0.15) is 5.84 Å². The zero-order valence-corrected chi connectivity index (χ0v) is 22.1. The number of amides is 1. The molecule has 0 aliphatic carbocycles. The topological polar surface area (TPSA) is 156 Å². The third-order valence-electron chi connectivity index (χ3n) is 5.65. The lowest BCUT2D eigenvalue weighted by atomic mass is 9.88. The second-order valence-electron chi connectivity index (χ2n) is 9.15. The molecule has 0 spiro atoms. The Balaban J connectivity index is 2.23. The maximum absolute atomic E-state index is 13.7. The average Bonchev–Trinajstić information content (AvgIpc) is 2.86. The maximum atomic E-state index is 13.7. The number of nitrogens with two attached hydrogens (primary N) is 1. The molecule has 0 unspecified atom stereocenters. The normalized spacial score (nSPS) is 11.2. The lowest BCUT2D eigenvalue weighted by Gasteiger charge is -2.18. The van der Waals surface area contributed by atoms with E-state index in [1.165, 1.54) is 36.4 Å². The van der Waals surface area contributed by atoms with Crippen LogP contribution in [0.4, 0.5) is 5.69 Å². The Morgan fingerprint density at radius 1 is 0.947 bits per heavy atom. The highest BCUT2D eigenvalue weighted by Gasteiger charge is 2.30. The van der Waals surface area contributed by atoms with Crippen molar-refractivity contribution < 1.29 is 27.0 Å². The van der Waals surface area contributed by atoms with Gasteiger partial charge in [-0.25, -0.2) is 4.79 Å². The summed E-state index contributed by atoms with van der Waals surface area (Å²) in [7, 11) is -4.24. The van der Waals surface area contributed by atoms with Crippen molar-refractivity contribution in [1.82, 2.24) is 0 Å². The lowest BCUT2D eigenvalue weighted by molar-refractivity contribution is 0.0744. The number of anilines is 1. The molecule has 4 N–H and O–H groups in total. The SMILES string of the molecule is CC(C)CCC(=O)c1ccc(-c2ccccc2)c(C(=O)OS(C)(=O)=O)c1C(=O)Nc1ccc(C(=N)N)cc1. The Morgan fingerprint density at radius 3 is 2.13 bits per heavy atom. The number of benzene rings is 3. The molecule has 9 nitrogen and oxygen atoms in total. The molecule has 38 heavy (non-hydrogen) atoms. The molecule has 0 aliphatic rings. The quantitative estimate of drug-likeness (QED) is 0.148. The molecule has 10 heteroatoms. The van der Waals surface area contributed by atoms with Gasteiger partial charge in [0.25, 0.3) is 5.91 Å². The third kappa shape index (κ3) is 7.13. The molecule has 0 heterocycles. The molecule has 1 amide bonds. The molecule has 3 aromatic rings. The van der Waals surface area contributed by atoms with Gasteiger partial charge in [0.15, 0.2) is 5.78 Å². The van der Waals surface area contributed by atoms with Crippen molar-refractivity contribution >= 4 is 39.3 Å². The smallest absolute Gasteiger partial charge is 0.355 e. The Morgan fingerprint density at radius 2 is 1.58 bits per heavy atom. The molecule has 0 radical (unpaired) electrons. The van der Waals surface area contributed by atoms with Crippen LogP contribution in [0.2, 0.25) is 0 Å². The first-order valence-electron chi connectivity index (χ1n) is 11.8. The summed E-state index contributed by atoms with van der Waals surface area (Å²) in [5.74, 6) is -2.38. The van der Waals surface area contributed by atoms with E-state index in [1.807, 2.05) is 13.8 Å². The molecule has 0 fully saturated rings. The van der Waals surface area contributed by atoms with Crippen LogP contribution in [0.1, 0.15) is 63.3 Å². The van der Waals surface area contributed by atoms with Crippen LogP contribution >= 0.6 is 0 Å². The van der Waals surface area contributed by atoms with Gasteiger partial charge in [-0.05, 0) is 53.8 Å². The van der Waals surface area contributed by atoms with Crippen molar-refractivity contribution in [2.24, 2.45) is 11.7 Å². The Hall–Kier alpha value is -4.31. The van der Waals surface area contributed by atoms with Crippen LogP contribution in [0, 0.1) is 11.3 Å². The number of nitrogens with one attached hydrogen (secondary N) is 2. The standard InChI is InChI=1S/C28H29N3O6S/c1-17(2)9-16-23(32)22-15-14-21(18-7-5-4-6-8-18)25(28(34)37-38(3,35)36)24(22)27(33)31-20-12-10-19(11-13-20)26(29)30/h4-8,10-15,17H,9,16H2,1-3H3,(H3,29,30)(H,31,33). The zero-order chi connectivity index (χ0) is 28.0. The summed E-state index contributed by atoms with van der Waals surface area (Å²) in [6.07, 6.45) is 1.40. The Bertz CT molecular complexity index is 1480. The number of nitrogen functional groups attached to an aromatic ring is 1. The molecular weight excluding hydrogens is 506 g/mol. The first-order chi connectivity index (χ1) is 17.9. The Labute approximate surface area is 221 Å². The van der Waals surface area contributed by atoms with Crippen molar-refractivity contribution in [2.75, 3.05) is 11.6 Å². The van der Waals surface area contributed by atoms with Gasteiger partial charge in [-0.1, -0.05) is 50.2 Å². The molecular formula is C28H29N3O6S. The molecule has 3 rings (SSSR count). The van der Waals surface area contributed by atoms with Crippen LogP contribution in [-0.2, 0) is 14.3 Å². The summed E-state index contributed by atoms with van der Waals surface area (Å²) < 4.78 is 28.5. The summed E-state index contributed by atoms with van der Waals surface area (Å²) in [5, 5.41) is 10.2. The van der Waals surface area contributed by atoms with Gasteiger partial charge in [0.2, 0.25) is 0 Å². The molecule has 0 saturated heterocycles. The van der Waals surface area contributed by atoms with Gasteiger partial charge in [0, 0.05) is 23.2 Å². The molecule has 0 aliphatic heterocycles. The Kier molecular flexibility index (Phi) is 8.80. The average molecular weight is 536 g/mol. The van der Waals surface area contributed by atoms with Gasteiger partial charge in [-0.15, -0.1) is 0 Å². The van der Waals surface area contributed by atoms with E-state index >= 15 is 0 Å². The second kappa shape index (κ2) is 11.8. The van der Waals surface area contributed by atoms with Crippen molar-refractivity contribution in [2.45, 2.75) is 26.7 Å². The van der Waals surface area contributed by atoms with E-state index in [2.05, 4.69) is 5.32 Å². The van der Waals surface area contributed by atoms with Crippen LogP contribution < -0.4 is 11.1 Å². The van der Waals surface area contributed by atoms with Crippen LogP contribution in [0.5, 0.6) is 0 Å². The third-order valence-corrected chi connectivity index (χ3v) is 6.11. The molecule has 0 bridgehead atoms. The number of hydrogen-bond donors (Lipinski definition) is 3. The largest absolute Gasteiger partial charge is 0.384 e. The van der Waals surface area contributed by atoms with Crippen LogP contribution in [0.25, 0.3) is 11.1 Å². The summed E-state index contributed by atoms with van der Waals surface area (Å²) in [5.41, 5.74) is 6.35. The summed E-state index contributed by atoms with van der Waals surface area (Å²) in [4.78, 5) is 40.2.